The third kappa shape index (κ3) is 4.38. The molecule has 3 nitrogen and oxygen atoms in total. The van der Waals surface area contributed by atoms with Gasteiger partial charge in [0.05, 0.1) is 0 Å². The van der Waals surface area contributed by atoms with Crippen molar-refractivity contribution in [1.29, 1.82) is 0 Å². The van der Waals surface area contributed by atoms with E-state index in [2.05, 4.69) is 15.7 Å². The van der Waals surface area contributed by atoms with Crippen LogP contribution < -0.4 is 5.73 Å². The van der Waals surface area contributed by atoms with Crippen LogP contribution in [0, 0.1) is 0 Å². The lowest BCUT2D eigenvalue weighted by Gasteiger charge is -2.29. The summed E-state index contributed by atoms with van der Waals surface area (Å²) in [5, 5.41) is 0. The summed E-state index contributed by atoms with van der Waals surface area (Å²) in [6.45, 7) is 1.37. The van der Waals surface area contributed by atoms with Gasteiger partial charge in [0.15, 0.2) is 0 Å². The van der Waals surface area contributed by atoms with E-state index in [1.54, 1.807) is 0 Å². The van der Waals surface area contributed by atoms with E-state index in [-0.39, 0.29) is 6.61 Å². The zero-order valence-electron chi connectivity index (χ0n) is 11.2. The molecule has 1 aromatic carbocycles. The number of alkyl halides is 3. The van der Waals surface area contributed by atoms with Gasteiger partial charge in [-0.1, -0.05) is 12.1 Å². The second kappa shape index (κ2) is 6.45. The maximum absolute atomic E-state index is 11.9. The Balaban J connectivity index is 1.73. The number of halogens is 3. The molecule has 0 bridgehead atoms. The fraction of sp³-hybridized carbons (Fsp3) is 0.571. The Hall–Kier alpha value is -1.27. The second-order valence-corrected chi connectivity index (χ2v) is 5.03. The molecular formula is C14H19F3N2O. The summed E-state index contributed by atoms with van der Waals surface area (Å²) in [4.78, 5) is 2.20. The zero-order chi connectivity index (χ0) is 14.6. The Morgan fingerprint density at radius 3 is 2.85 bits per heavy atom. The Bertz CT molecular complexity index is 449. The molecule has 20 heavy (non-hydrogen) atoms. The van der Waals surface area contributed by atoms with E-state index < -0.39 is 12.8 Å². The summed E-state index contributed by atoms with van der Waals surface area (Å²) < 4.78 is 40.3. The van der Waals surface area contributed by atoms with Crippen molar-refractivity contribution in [2.45, 2.75) is 25.6 Å². The third-order valence-electron chi connectivity index (χ3n) is 3.42. The fourth-order valence-electron chi connectivity index (χ4n) is 2.43. The Morgan fingerprint density at radius 2 is 2.10 bits per heavy atom. The Labute approximate surface area is 116 Å². The topological polar surface area (TPSA) is 38.5 Å². The maximum Gasteiger partial charge on any atom is 0.411 e. The first-order valence-corrected chi connectivity index (χ1v) is 6.69. The normalized spacial score (nSPS) is 16.1. The van der Waals surface area contributed by atoms with Crippen LogP contribution in [-0.2, 0) is 17.7 Å². The molecule has 6 heteroatoms. The van der Waals surface area contributed by atoms with Crippen molar-refractivity contribution >= 4 is 5.69 Å². The molecular weight excluding hydrogens is 269 g/mol. The molecule has 0 unspecified atom stereocenters. The van der Waals surface area contributed by atoms with Gasteiger partial charge in [-0.05, 0) is 30.0 Å². The average molecular weight is 288 g/mol. The van der Waals surface area contributed by atoms with Crippen molar-refractivity contribution in [3.05, 3.63) is 29.3 Å². The van der Waals surface area contributed by atoms with Crippen LogP contribution in [0.3, 0.4) is 0 Å². The van der Waals surface area contributed by atoms with Gasteiger partial charge in [-0.2, -0.15) is 13.2 Å². The lowest BCUT2D eigenvalue weighted by atomic mass is 9.98. The molecule has 2 N–H and O–H groups in total. The minimum atomic E-state index is -4.24. The van der Waals surface area contributed by atoms with Crippen LogP contribution in [0.15, 0.2) is 18.2 Å². The summed E-state index contributed by atoms with van der Waals surface area (Å²) in [7, 11) is 0. The standard InChI is InChI=1S/C14H19F3N2O/c15-14(16,17)10-20-8-2-6-19-7-5-11-3-1-4-13(18)12(11)9-19/h1,3-4H,2,5-10,18H2. The number of nitrogens with zero attached hydrogens (tertiary/aromatic N) is 1. The van der Waals surface area contributed by atoms with Crippen LogP contribution in [0.5, 0.6) is 0 Å². The van der Waals surface area contributed by atoms with Crippen molar-refractivity contribution in [3.8, 4) is 0 Å². The van der Waals surface area contributed by atoms with Crippen molar-refractivity contribution < 1.29 is 17.9 Å². The summed E-state index contributed by atoms with van der Waals surface area (Å²) in [6.07, 6.45) is -2.71. The lowest BCUT2D eigenvalue weighted by Crippen LogP contribution is -2.32. The highest BCUT2D eigenvalue weighted by molar-refractivity contribution is 5.51. The first-order chi connectivity index (χ1) is 9.46. The van der Waals surface area contributed by atoms with Crippen LogP contribution in [0.1, 0.15) is 17.5 Å². The van der Waals surface area contributed by atoms with Gasteiger partial charge >= 0.3 is 6.18 Å². The predicted octanol–water partition coefficient (Wildman–Crippen LogP) is 2.60. The molecule has 0 saturated carbocycles. The minimum Gasteiger partial charge on any atom is -0.398 e. The average Bonchev–Trinajstić information content (AvgIpc) is 2.38. The SMILES string of the molecule is Nc1cccc2c1CN(CCCOCC(F)(F)F)CC2. The number of rotatable bonds is 5. The number of benzene rings is 1. The smallest absolute Gasteiger partial charge is 0.398 e. The predicted molar refractivity (Wildman–Crippen MR) is 71.3 cm³/mol. The van der Waals surface area contributed by atoms with Crippen molar-refractivity contribution in [2.75, 3.05) is 32.0 Å². The van der Waals surface area contributed by atoms with Crippen LogP contribution in [0.4, 0.5) is 18.9 Å². The van der Waals surface area contributed by atoms with Gasteiger partial charge in [0, 0.05) is 31.9 Å². The molecule has 0 radical (unpaired) electrons. The number of ether oxygens (including phenoxy) is 1. The summed E-state index contributed by atoms with van der Waals surface area (Å²) in [5.74, 6) is 0. The largest absolute Gasteiger partial charge is 0.411 e. The van der Waals surface area contributed by atoms with E-state index in [1.807, 2.05) is 12.1 Å². The van der Waals surface area contributed by atoms with Crippen molar-refractivity contribution in [2.24, 2.45) is 0 Å². The van der Waals surface area contributed by atoms with Gasteiger partial charge in [-0.3, -0.25) is 4.90 Å². The highest BCUT2D eigenvalue weighted by Crippen LogP contribution is 2.24. The Kier molecular flexibility index (Phi) is 4.88. The second-order valence-electron chi connectivity index (χ2n) is 5.03. The van der Waals surface area contributed by atoms with Crippen molar-refractivity contribution in [1.82, 2.24) is 4.90 Å². The molecule has 1 aliphatic heterocycles. The molecule has 0 atom stereocenters. The minimum absolute atomic E-state index is 0.132. The van der Waals surface area contributed by atoms with E-state index in [4.69, 9.17) is 5.73 Å². The summed E-state index contributed by atoms with van der Waals surface area (Å²) in [6, 6.07) is 5.92. The summed E-state index contributed by atoms with van der Waals surface area (Å²) >= 11 is 0. The molecule has 0 aromatic heterocycles. The van der Waals surface area contributed by atoms with Crippen LogP contribution in [0.2, 0.25) is 0 Å². The molecule has 0 aliphatic carbocycles. The number of hydrogen-bond donors (Lipinski definition) is 1. The van der Waals surface area contributed by atoms with Crippen LogP contribution in [-0.4, -0.2) is 37.4 Å². The van der Waals surface area contributed by atoms with E-state index in [0.717, 1.165) is 37.3 Å². The number of hydrogen-bond acceptors (Lipinski definition) is 3. The van der Waals surface area contributed by atoms with Gasteiger partial charge in [-0.25, -0.2) is 0 Å². The molecule has 0 saturated heterocycles. The molecule has 2 rings (SSSR count). The van der Waals surface area contributed by atoms with Crippen molar-refractivity contribution in [3.63, 3.8) is 0 Å². The molecule has 1 heterocycles. The summed E-state index contributed by atoms with van der Waals surface area (Å²) in [5.41, 5.74) is 9.16. The van der Waals surface area contributed by atoms with Crippen LogP contribution >= 0.6 is 0 Å². The molecule has 0 fully saturated rings. The molecule has 1 aromatic rings. The number of anilines is 1. The van der Waals surface area contributed by atoms with Gasteiger partial charge in [0.25, 0.3) is 0 Å². The van der Waals surface area contributed by atoms with E-state index in [1.165, 1.54) is 5.56 Å². The zero-order valence-corrected chi connectivity index (χ0v) is 11.2. The van der Waals surface area contributed by atoms with E-state index in [0.29, 0.717) is 6.42 Å². The first kappa shape index (κ1) is 15.1. The first-order valence-electron chi connectivity index (χ1n) is 6.69. The molecule has 0 amide bonds. The molecule has 112 valence electrons. The van der Waals surface area contributed by atoms with Gasteiger partial charge < -0.3 is 10.5 Å². The highest BCUT2D eigenvalue weighted by atomic mass is 19.4. The monoisotopic (exact) mass is 288 g/mol. The van der Waals surface area contributed by atoms with Gasteiger partial charge in [0.1, 0.15) is 6.61 Å². The quantitative estimate of drug-likeness (QED) is 0.668. The van der Waals surface area contributed by atoms with E-state index in [9.17, 15) is 13.2 Å². The number of fused-ring (bicyclic) bond motifs is 1. The number of nitrogen functional groups attached to an aromatic ring is 1. The number of nitrogens with two attached hydrogens (primary N) is 1. The maximum atomic E-state index is 11.9. The van der Waals surface area contributed by atoms with Gasteiger partial charge in [0.2, 0.25) is 0 Å². The molecule has 1 aliphatic rings. The van der Waals surface area contributed by atoms with E-state index >= 15 is 0 Å². The fourth-order valence-corrected chi connectivity index (χ4v) is 2.43. The lowest BCUT2D eigenvalue weighted by molar-refractivity contribution is -0.174. The third-order valence-corrected chi connectivity index (χ3v) is 3.42. The van der Waals surface area contributed by atoms with Crippen LogP contribution in [0.25, 0.3) is 0 Å². The highest BCUT2D eigenvalue weighted by Gasteiger charge is 2.27. The Morgan fingerprint density at radius 1 is 1.30 bits per heavy atom. The molecule has 0 spiro atoms. The van der Waals surface area contributed by atoms with Gasteiger partial charge in [-0.15, -0.1) is 0 Å².